The standard InChI is InChI=1S/C13H15NO4/c1-9(15)18-14-13(16)11-4-2-3-5-12(11)17-8-10-6-7-10/h2-5,10H,6-8H2,1H3,(H,14,16). The first-order chi connectivity index (χ1) is 8.66. The Balaban J connectivity index is 2.00. The molecule has 0 spiro atoms. The Labute approximate surface area is 105 Å². The molecule has 0 atom stereocenters. The molecule has 1 aliphatic rings. The Morgan fingerprint density at radius 1 is 1.33 bits per heavy atom. The summed E-state index contributed by atoms with van der Waals surface area (Å²) in [6.07, 6.45) is 2.36. The summed E-state index contributed by atoms with van der Waals surface area (Å²) < 4.78 is 5.59. The molecule has 0 aromatic heterocycles. The number of carbonyl (C=O) groups excluding carboxylic acids is 2. The number of hydrogen-bond acceptors (Lipinski definition) is 4. The Morgan fingerprint density at radius 3 is 2.72 bits per heavy atom. The minimum absolute atomic E-state index is 0.361. The average Bonchev–Trinajstić information content (AvgIpc) is 3.18. The normalized spacial score (nSPS) is 13.8. The number of hydroxylamine groups is 1. The molecule has 96 valence electrons. The quantitative estimate of drug-likeness (QED) is 0.824. The molecular formula is C13H15NO4. The molecule has 1 aromatic rings. The summed E-state index contributed by atoms with van der Waals surface area (Å²) in [5.74, 6) is 0.0555. The largest absolute Gasteiger partial charge is 0.492 e. The molecule has 0 aliphatic heterocycles. The van der Waals surface area contributed by atoms with Gasteiger partial charge in [0.2, 0.25) is 0 Å². The zero-order valence-electron chi connectivity index (χ0n) is 10.1. The van der Waals surface area contributed by atoms with Gasteiger partial charge in [-0.1, -0.05) is 12.1 Å². The lowest BCUT2D eigenvalue weighted by atomic mass is 10.2. The molecule has 1 aromatic carbocycles. The van der Waals surface area contributed by atoms with Crippen LogP contribution in [0.15, 0.2) is 24.3 Å². The van der Waals surface area contributed by atoms with Crippen molar-refractivity contribution >= 4 is 11.9 Å². The van der Waals surface area contributed by atoms with E-state index in [4.69, 9.17) is 4.74 Å². The van der Waals surface area contributed by atoms with Gasteiger partial charge in [-0.05, 0) is 30.9 Å². The zero-order chi connectivity index (χ0) is 13.0. The highest BCUT2D eigenvalue weighted by Gasteiger charge is 2.23. The lowest BCUT2D eigenvalue weighted by Gasteiger charge is -2.10. The molecular weight excluding hydrogens is 234 g/mol. The van der Waals surface area contributed by atoms with E-state index in [-0.39, 0.29) is 0 Å². The second-order valence-electron chi connectivity index (χ2n) is 4.28. The third-order valence-corrected chi connectivity index (χ3v) is 2.59. The molecule has 1 fully saturated rings. The summed E-state index contributed by atoms with van der Waals surface area (Å²) in [7, 11) is 0. The fourth-order valence-electron chi connectivity index (χ4n) is 1.45. The van der Waals surface area contributed by atoms with Crippen LogP contribution in [0.2, 0.25) is 0 Å². The maximum Gasteiger partial charge on any atom is 0.329 e. The van der Waals surface area contributed by atoms with E-state index in [2.05, 4.69) is 10.3 Å². The maximum atomic E-state index is 11.8. The SMILES string of the molecule is CC(=O)ONC(=O)c1ccccc1OCC1CC1. The number of hydrogen-bond donors (Lipinski definition) is 1. The van der Waals surface area contributed by atoms with Crippen molar-refractivity contribution in [3.8, 4) is 5.75 Å². The van der Waals surface area contributed by atoms with E-state index >= 15 is 0 Å². The molecule has 0 heterocycles. The van der Waals surface area contributed by atoms with Crippen LogP contribution in [0.5, 0.6) is 5.75 Å². The third-order valence-electron chi connectivity index (χ3n) is 2.59. The van der Waals surface area contributed by atoms with Crippen LogP contribution >= 0.6 is 0 Å². The summed E-state index contributed by atoms with van der Waals surface area (Å²) in [5.41, 5.74) is 2.43. The van der Waals surface area contributed by atoms with Crippen LogP contribution in [0, 0.1) is 5.92 Å². The molecule has 2 rings (SSSR count). The highest BCUT2D eigenvalue weighted by atomic mass is 16.7. The van der Waals surface area contributed by atoms with Crippen molar-refractivity contribution in [2.45, 2.75) is 19.8 Å². The summed E-state index contributed by atoms with van der Waals surface area (Å²) in [6.45, 7) is 1.84. The Hall–Kier alpha value is -2.04. The Bertz CT molecular complexity index is 454. The van der Waals surface area contributed by atoms with Gasteiger partial charge < -0.3 is 9.57 Å². The molecule has 0 saturated heterocycles. The maximum absolute atomic E-state index is 11.8. The van der Waals surface area contributed by atoms with E-state index in [0.717, 1.165) is 0 Å². The third kappa shape index (κ3) is 3.48. The van der Waals surface area contributed by atoms with Crippen LogP contribution in [0.3, 0.4) is 0 Å². The fraction of sp³-hybridized carbons (Fsp3) is 0.385. The lowest BCUT2D eigenvalue weighted by molar-refractivity contribution is -0.146. The number of rotatable bonds is 4. The lowest BCUT2D eigenvalue weighted by Crippen LogP contribution is -2.26. The predicted octanol–water partition coefficient (Wildman–Crippen LogP) is 1.68. The molecule has 1 N–H and O–H groups in total. The Morgan fingerprint density at radius 2 is 2.06 bits per heavy atom. The van der Waals surface area contributed by atoms with Crippen LogP contribution in [0.4, 0.5) is 0 Å². The van der Waals surface area contributed by atoms with Gasteiger partial charge in [0.25, 0.3) is 5.91 Å². The molecule has 0 radical (unpaired) electrons. The topological polar surface area (TPSA) is 64.6 Å². The van der Waals surface area contributed by atoms with Gasteiger partial charge in [-0.3, -0.25) is 9.59 Å². The molecule has 1 saturated carbocycles. The van der Waals surface area contributed by atoms with Gasteiger partial charge >= 0.3 is 5.97 Å². The smallest absolute Gasteiger partial charge is 0.329 e. The monoisotopic (exact) mass is 249 g/mol. The summed E-state index contributed by atoms with van der Waals surface area (Å²) >= 11 is 0. The van der Waals surface area contributed by atoms with Crippen LogP contribution in [-0.2, 0) is 9.63 Å². The number of amides is 1. The highest BCUT2D eigenvalue weighted by molar-refractivity contribution is 5.96. The van der Waals surface area contributed by atoms with Crippen molar-refractivity contribution in [3.63, 3.8) is 0 Å². The molecule has 1 aliphatic carbocycles. The van der Waals surface area contributed by atoms with E-state index in [9.17, 15) is 9.59 Å². The van der Waals surface area contributed by atoms with Crippen LogP contribution < -0.4 is 10.2 Å². The number of benzene rings is 1. The highest BCUT2D eigenvalue weighted by Crippen LogP contribution is 2.30. The molecule has 5 heteroatoms. The molecule has 18 heavy (non-hydrogen) atoms. The van der Waals surface area contributed by atoms with Gasteiger partial charge in [-0.15, -0.1) is 0 Å². The van der Waals surface area contributed by atoms with Crippen molar-refractivity contribution in [3.05, 3.63) is 29.8 Å². The first kappa shape index (κ1) is 12.4. The minimum Gasteiger partial charge on any atom is -0.492 e. The first-order valence-corrected chi connectivity index (χ1v) is 5.86. The van der Waals surface area contributed by atoms with Gasteiger partial charge in [0, 0.05) is 6.92 Å². The van der Waals surface area contributed by atoms with Crippen molar-refractivity contribution in [1.82, 2.24) is 5.48 Å². The van der Waals surface area contributed by atoms with E-state index in [1.165, 1.54) is 19.8 Å². The van der Waals surface area contributed by atoms with Crippen LogP contribution in [0.25, 0.3) is 0 Å². The molecule has 0 unspecified atom stereocenters. The van der Waals surface area contributed by atoms with E-state index < -0.39 is 11.9 Å². The summed E-state index contributed by atoms with van der Waals surface area (Å²) in [6, 6.07) is 6.88. The zero-order valence-corrected chi connectivity index (χ0v) is 10.1. The number of para-hydroxylation sites is 1. The van der Waals surface area contributed by atoms with Crippen molar-refractivity contribution in [1.29, 1.82) is 0 Å². The van der Waals surface area contributed by atoms with Gasteiger partial charge in [-0.25, -0.2) is 0 Å². The van der Waals surface area contributed by atoms with Crippen molar-refractivity contribution < 1.29 is 19.2 Å². The van der Waals surface area contributed by atoms with Crippen LogP contribution in [0.1, 0.15) is 30.1 Å². The summed E-state index contributed by atoms with van der Waals surface area (Å²) in [4.78, 5) is 26.8. The molecule has 5 nitrogen and oxygen atoms in total. The Kier molecular flexibility index (Phi) is 3.82. The van der Waals surface area contributed by atoms with Gasteiger partial charge in [0.15, 0.2) is 0 Å². The predicted molar refractivity (Wildman–Crippen MR) is 63.9 cm³/mol. The van der Waals surface area contributed by atoms with Gasteiger partial charge in [0.05, 0.1) is 12.2 Å². The fourth-order valence-corrected chi connectivity index (χ4v) is 1.45. The van der Waals surface area contributed by atoms with Crippen molar-refractivity contribution in [2.24, 2.45) is 5.92 Å². The van der Waals surface area contributed by atoms with Gasteiger partial charge in [0.1, 0.15) is 5.75 Å². The van der Waals surface area contributed by atoms with E-state index in [1.54, 1.807) is 24.3 Å². The number of carbonyl (C=O) groups is 2. The van der Waals surface area contributed by atoms with Gasteiger partial charge in [-0.2, -0.15) is 5.48 Å². The van der Waals surface area contributed by atoms with E-state index in [0.29, 0.717) is 23.8 Å². The minimum atomic E-state index is -0.570. The summed E-state index contributed by atoms with van der Waals surface area (Å²) in [5, 5.41) is 0. The number of ether oxygens (including phenoxy) is 1. The second kappa shape index (κ2) is 5.53. The van der Waals surface area contributed by atoms with E-state index in [1.807, 2.05) is 0 Å². The molecule has 0 bridgehead atoms. The first-order valence-electron chi connectivity index (χ1n) is 5.86. The van der Waals surface area contributed by atoms with Crippen molar-refractivity contribution in [2.75, 3.05) is 6.61 Å². The molecule has 1 amide bonds. The number of nitrogens with one attached hydrogen (secondary N) is 1. The van der Waals surface area contributed by atoms with Crippen LogP contribution in [-0.4, -0.2) is 18.5 Å². The average molecular weight is 249 g/mol. The second-order valence-corrected chi connectivity index (χ2v) is 4.28.